The Morgan fingerprint density at radius 3 is 2.56 bits per heavy atom. The van der Waals surface area contributed by atoms with Gasteiger partial charge in [-0.15, -0.1) is 0 Å². The average molecular weight is 224 g/mol. The Balaban J connectivity index is 2.74. The number of methoxy groups -OCH3 is 1. The second-order valence-electron chi connectivity index (χ2n) is 3.79. The number of ether oxygens (including phenoxy) is 1. The average Bonchev–Trinajstić information content (AvgIpc) is 2.25. The molecule has 5 heteroatoms. The van der Waals surface area contributed by atoms with Crippen LogP contribution < -0.4 is 10.1 Å². The van der Waals surface area contributed by atoms with Crippen LogP contribution in [0.3, 0.4) is 0 Å². The Morgan fingerprint density at radius 1 is 1.50 bits per heavy atom. The lowest BCUT2D eigenvalue weighted by atomic mass is 10.0. The predicted octanol–water partition coefficient (Wildman–Crippen LogP) is 1.61. The van der Waals surface area contributed by atoms with Crippen LogP contribution in [0.4, 0.5) is 5.69 Å². The third kappa shape index (κ3) is 3.12. The summed E-state index contributed by atoms with van der Waals surface area (Å²) >= 11 is 0. The highest BCUT2D eigenvalue weighted by Gasteiger charge is 2.20. The van der Waals surface area contributed by atoms with Gasteiger partial charge in [-0.3, -0.25) is 0 Å². The SMILES string of the molecule is COc1ccc(NC(C(=O)O)C(C)C)cn1. The normalized spacial score (nSPS) is 12.2. The molecule has 0 aliphatic heterocycles. The second-order valence-corrected chi connectivity index (χ2v) is 3.79. The fourth-order valence-corrected chi connectivity index (χ4v) is 1.28. The lowest BCUT2D eigenvalue weighted by Crippen LogP contribution is -2.34. The second kappa shape index (κ2) is 5.34. The monoisotopic (exact) mass is 224 g/mol. The summed E-state index contributed by atoms with van der Waals surface area (Å²) in [5, 5.41) is 11.9. The number of nitrogens with zero attached hydrogens (tertiary/aromatic N) is 1. The van der Waals surface area contributed by atoms with Gasteiger partial charge in [-0.2, -0.15) is 0 Å². The number of nitrogens with one attached hydrogen (secondary N) is 1. The Hall–Kier alpha value is -1.78. The first-order valence-corrected chi connectivity index (χ1v) is 5.04. The van der Waals surface area contributed by atoms with E-state index in [4.69, 9.17) is 9.84 Å². The van der Waals surface area contributed by atoms with Crippen molar-refractivity contribution in [2.45, 2.75) is 19.9 Å². The maximum absolute atomic E-state index is 11.0. The smallest absolute Gasteiger partial charge is 0.326 e. The van der Waals surface area contributed by atoms with E-state index in [1.54, 1.807) is 18.3 Å². The molecule has 0 saturated carbocycles. The summed E-state index contributed by atoms with van der Waals surface area (Å²) in [7, 11) is 1.53. The molecule has 1 unspecified atom stereocenters. The molecule has 0 aliphatic rings. The first kappa shape index (κ1) is 12.3. The molecule has 0 amide bonds. The van der Waals surface area contributed by atoms with Crippen molar-refractivity contribution in [3.63, 3.8) is 0 Å². The van der Waals surface area contributed by atoms with Crippen molar-refractivity contribution in [2.75, 3.05) is 12.4 Å². The van der Waals surface area contributed by atoms with E-state index >= 15 is 0 Å². The van der Waals surface area contributed by atoms with Crippen molar-refractivity contribution >= 4 is 11.7 Å². The van der Waals surface area contributed by atoms with Gasteiger partial charge in [-0.05, 0) is 12.0 Å². The number of anilines is 1. The van der Waals surface area contributed by atoms with E-state index in [0.29, 0.717) is 11.6 Å². The molecule has 2 N–H and O–H groups in total. The number of pyridine rings is 1. The Kier molecular flexibility index (Phi) is 4.10. The summed E-state index contributed by atoms with van der Waals surface area (Å²) in [4.78, 5) is 15.0. The van der Waals surface area contributed by atoms with Crippen molar-refractivity contribution < 1.29 is 14.6 Å². The quantitative estimate of drug-likeness (QED) is 0.795. The van der Waals surface area contributed by atoms with E-state index in [1.807, 2.05) is 13.8 Å². The lowest BCUT2D eigenvalue weighted by molar-refractivity contribution is -0.138. The van der Waals surface area contributed by atoms with E-state index in [-0.39, 0.29) is 5.92 Å². The number of rotatable bonds is 5. The van der Waals surface area contributed by atoms with Gasteiger partial charge in [0.2, 0.25) is 5.88 Å². The van der Waals surface area contributed by atoms with Crippen LogP contribution in [0.5, 0.6) is 5.88 Å². The van der Waals surface area contributed by atoms with Crippen LogP contribution in [0.15, 0.2) is 18.3 Å². The molecule has 0 aromatic carbocycles. The van der Waals surface area contributed by atoms with Gasteiger partial charge < -0.3 is 15.2 Å². The Labute approximate surface area is 94.5 Å². The van der Waals surface area contributed by atoms with Crippen LogP contribution in [0.2, 0.25) is 0 Å². The van der Waals surface area contributed by atoms with Gasteiger partial charge in [0, 0.05) is 6.07 Å². The van der Waals surface area contributed by atoms with E-state index in [9.17, 15) is 4.79 Å². The number of hydrogen-bond acceptors (Lipinski definition) is 4. The molecule has 5 nitrogen and oxygen atoms in total. The van der Waals surface area contributed by atoms with E-state index in [0.717, 1.165) is 0 Å². The van der Waals surface area contributed by atoms with Gasteiger partial charge in [0.25, 0.3) is 0 Å². The van der Waals surface area contributed by atoms with Crippen LogP contribution >= 0.6 is 0 Å². The third-order valence-corrected chi connectivity index (χ3v) is 2.20. The maximum atomic E-state index is 11.0. The summed E-state index contributed by atoms with van der Waals surface area (Å²) in [5.74, 6) is -0.368. The number of hydrogen-bond donors (Lipinski definition) is 2. The van der Waals surface area contributed by atoms with Crippen LogP contribution in [-0.4, -0.2) is 29.2 Å². The van der Waals surface area contributed by atoms with Gasteiger partial charge >= 0.3 is 5.97 Å². The Morgan fingerprint density at radius 2 is 2.19 bits per heavy atom. The molecular formula is C11H16N2O3. The molecule has 1 rings (SSSR count). The lowest BCUT2D eigenvalue weighted by Gasteiger charge is -2.18. The fourth-order valence-electron chi connectivity index (χ4n) is 1.28. The molecule has 16 heavy (non-hydrogen) atoms. The highest BCUT2D eigenvalue weighted by atomic mass is 16.5. The van der Waals surface area contributed by atoms with Crippen LogP contribution in [0, 0.1) is 5.92 Å². The van der Waals surface area contributed by atoms with E-state index in [2.05, 4.69) is 10.3 Å². The Bertz CT molecular complexity index is 349. The number of carbonyl (C=O) groups is 1. The van der Waals surface area contributed by atoms with Gasteiger partial charge in [0.1, 0.15) is 6.04 Å². The molecule has 1 aromatic rings. The zero-order chi connectivity index (χ0) is 12.1. The van der Waals surface area contributed by atoms with Crippen LogP contribution in [0.1, 0.15) is 13.8 Å². The van der Waals surface area contributed by atoms with Crippen molar-refractivity contribution in [1.29, 1.82) is 0 Å². The molecule has 0 saturated heterocycles. The van der Waals surface area contributed by atoms with Crippen LogP contribution in [-0.2, 0) is 4.79 Å². The first-order chi connectivity index (χ1) is 7.54. The summed E-state index contributed by atoms with van der Waals surface area (Å²) in [6, 6.07) is 2.81. The molecule has 88 valence electrons. The minimum absolute atomic E-state index is 0.000369. The van der Waals surface area contributed by atoms with E-state index < -0.39 is 12.0 Å². The maximum Gasteiger partial charge on any atom is 0.326 e. The van der Waals surface area contributed by atoms with Gasteiger partial charge in [-0.25, -0.2) is 9.78 Å². The molecule has 0 aliphatic carbocycles. The number of aromatic nitrogens is 1. The molecular weight excluding hydrogens is 208 g/mol. The minimum Gasteiger partial charge on any atom is -0.481 e. The van der Waals surface area contributed by atoms with Crippen LogP contribution in [0.25, 0.3) is 0 Å². The highest BCUT2D eigenvalue weighted by molar-refractivity contribution is 5.77. The molecule has 1 heterocycles. The standard InChI is InChI=1S/C11H16N2O3/c1-7(2)10(11(14)15)13-8-4-5-9(16-3)12-6-8/h4-7,10,13H,1-3H3,(H,14,15). The molecule has 1 atom stereocenters. The van der Waals surface area contributed by atoms with E-state index in [1.165, 1.54) is 7.11 Å². The zero-order valence-corrected chi connectivity index (χ0v) is 9.60. The minimum atomic E-state index is -0.870. The summed E-state index contributed by atoms with van der Waals surface area (Å²) in [6.07, 6.45) is 1.55. The molecule has 0 spiro atoms. The number of aliphatic carboxylic acids is 1. The summed E-state index contributed by atoms with van der Waals surface area (Å²) in [6.45, 7) is 3.70. The highest BCUT2D eigenvalue weighted by Crippen LogP contribution is 2.14. The van der Waals surface area contributed by atoms with Crippen molar-refractivity contribution in [3.05, 3.63) is 18.3 Å². The zero-order valence-electron chi connectivity index (χ0n) is 9.60. The van der Waals surface area contributed by atoms with Gasteiger partial charge in [-0.1, -0.05) is 13.8 Å². The van der Waals surface area contributed by atoms with Crippen molar-refractivity contribution in [3.8, 4) is 5.88 Å². The van der Waals surface area contributed by atoms with Crippen molar-refractivity contribution in [2.24, 2.45) is 5.92 Å². The number of carboxylic acid groups (broad SMARTS) is 1. The fraction of sp³-hybridized carbons (Fsp3) is 0.455. The largest absolute Gasteiger partial charge is 0.481 e. The first-order valence-electron chi connectivity index (χ1n) is 5.04. The molecule has 0 radical (unpaired) electrons. The predicted molar refractivity (Wildman–Crippen MR) is 60.7 cm³/mol. The third-order valence-electron chi connectivity index (χ3n) is 2.20. The van der Waals surface area contributed by atoms with Gasteiger partial charge in [0.05, 0.1) is 19.0 Å². The molecule has 0 fully saturated rings. The summed E-state index contributed by atoms with van der Waals surface area (Å²) < 4.78 is 4.91. The topological polar surface area (TPSA) is 71.5 Å². The number of carboxylic acids is 1. The van der Waals surface area contributed by atoms with Gasteiger partial charge in [0.15, 0.2) is 0 Å². The molecule has 1 aromatic heterocycles. The van der Waals surface area contributed by atoms with Crippen molar-refractivity contribution in [1.82, 2.24) is 4.98 Å². The summed E-state index contributed by atoms with van der Waals surface area (Å²) in [5.41, 5.74) is 0.668. The molecule has 0 bridgehead atoms.